The highest BCUT2D eigenvalue weighted by atomic mass is 19.4. The van der Waals surface area contributed by atoms with Crippen LogP contribution in [0.1, 0.15) is 0 Å². The Labute approximate surface area is 62.8 Å². The number of rotatable bonds is 1. The van der Waals surface area contributed by atoms with Crippen LogP contribution in [0.5, 0.6) is 0 Å². The summed E-state index contributed by atoms with van der Waals surface area (Å²) in [5, 5.41) is 18.0. The molecule has 1 heterocycles. The van der Waals surface area contributed by atoms with Crippen LogP contribution in [0.2, 0.25) is 0 Å². The molecular formula is C3HF3N4O2. The average Bonchev–Trinajstić information content (AvgIpc) is 2.31. The van der Waals surface area contributed by atoms with Crippen LogP contribution in [0, 0.1) is 0 Å². The monoisotopic (exact) mass is 182 g/mol. The van der Waals surface area contributed by atoms with E-state index in [0.29, 0.717) is 0 Å². The number of alkyl halides is 3. The summed E-state index contributed by atoms with van der Waals surface area (Å²) in [5.74, 6) is -2.25. The Morgan fingerprint density at radius 3 is 1.83 bits per heavy atom. The van der Waals surface area contributed by atoms with Crippen LogP contribution in [-0.2, 0) is 4.79 Å². The van der Waals surface area contributed by atoms with Crippen LogP contribution in [0.3, 0.4) is 0 Å². The Hall–Kier alpha value is -1.54. The number of carbonyl (C=O) groups is 1. The first kappa shape index (κ1) is 8.56. The Bertz CT molecular complexity index is 257. The lowest BCUT2D eigenvalue weighted by molar-refractivity contribution is -0.199. The van der Waals surface area contributed by atoms with Crippen molar-refractivity contribution in [3.63, 3.8) is 0 Å². The number of aliphatic carboxylic acids is 1. The Morgan fingerprint density at radius 1 is 1.25 bits per heavy atom. The Morgan fingerprint density at radius 2 is 1.67 bits per heavy atom. The van der Waals surface area contributed by atoms with E-state index in [1.165, 1.54) is 0 Å². The van der Waals surface area contributed by atoms with Crippen molar-refractivity contribution in [1.82, 2.24) is 0 Å². The zero-order valence-electron chi connectivity index (χ0n) is 5.28. The SMILES string of the molecule is O=C(O)C1(C(F)(F)F)N=NN=N1. The summed E-state index contributed by atoms with van der Waals surface area (Å²) in [5.41, 5.74) is -3.53. The maximum atomic E-state index is 12.0. The molecule has 0 saturated carbocycles. The van der Waals surface area contributed by atoms with Crippen molar-refractivity contribution in [2.24, 2.45) is 20.7 Å². The van der Waals surface area contributed by atoms with E-state index >= 15 is 0 Å². The molecule has 0 aliphatic carbocycles. The number of hydrogen-bond acceptors (Lipinski definition) is 5. The second-order valence-corrected chi connectivity index (χ2v) is 1.85. The third kappa shape index (κ3) is 0.933. The molecule has 0 spiro atoms. The van der Waals surface area contributed by atoms with Gasteiger partial charge in [-0.05, 0) is 10.4 Å². The lowest BCUT2D eigenvalue weighted by atomic mass is 10.2. The molecule has 1 rings (SSSR count). The molecule has 0 atom stereocenters. The second kappa shape index (κ2) is 2.22. The van der Waals surface area contributed by atoms with Crippen LogP contribution in [-0.4, -0.2) is 22.9 Å². The average molecular weight is 182 g/mol. The van der Waals surface area contributed by atoms with Gasteiger partial charge in [0, 0.05) is 0 Å². The van der Waals surface area contributed by atoms with Gasteiger partial charge in [-0.3, -0.25) is 0 Å². The third-order valence-corrected chi connectivity index (χ3v) is 1.11. The third-order valence-electron chi connectivity index (χ3n) is 1.11. The highest BCUT2D eigenvalue weighted by molar-refractivity contribution is 5.79. The molecule has 0 bridgehead atoms. The summed E-state index contributed by atoms with van der Waals surface area (Å²) >= 11 is 0. The maximum Gasteiger partial charge on any atom is 0.449 e. The molecule has 1 aliphatic rings. The summed E-state index contributed by atoms with van der Waals surface area (Å²) in [7, 11) is 0. The van der Waals surface area contributed by atoms with Gasteiger partial charge in [-0.15, -0.1) is 10.2 Å². The molecule has 0 amide bonds. The number of carboxylic acid groups (broad SMARTS) is 1. The Kier molecular flexibility index (Phi) is 1.58. The number of nitrogens with zero attached hydrogens (tertiary/aromatic N) is 4. The molecule has 1 N–H and O–H groups in total. The largest absolute Gasteiger partial charge is 0.478 e. The summed E-state index contributed by atoms with van der Waals surface area (Å²) in [6.45, 7) is 0. The van der Waals surface area contributed by atoms with Gasteiger partial charge in [0.25, 0.3) is 0 Å². The van der Waals surface area contributed by atoms with E-state index < -0.39 is 17.8 Å². The molecule has 1 aliphatic heterocycles. The number of carboxylic acids is 1. The van der Waals surface area contributed by atoms with Crippen molar-refractivity contribution in [2.45, 2.75) is 11.8 Å². The molecule has 0 aromatic carbocycles. The van der Waals surface area contributed by atoms with Gasteiger partial charge in [0.1, 0.15) is 0 Å². The van der Waals surface area contributed by atoms with Gasteiger partial charge in [-0.25, -0.2) is 4.79 Å². The molecular weight excluding hydrogens is 181 g/mol. The van der Waals surface area contributed by atoms with E-state index in [-0.39, 0.29) is 0 Å². The van der Waals surface area contributed by atoms with Crippen LogP contribution in [0.15, 0.2) is 20.7 Å². The van der Waals surface area contributed by atoms with Crippen molar-refractivity contribution >= 4 is 5.97 Å². The second-order valence-electron chi connectivity index (χ2n) is 1.85. The van der Waals surface area contributed by atoms with Crippen LogP contribution in [0.4, 0.5) is 13.2 Å². The van der Waals surface area contributed by atoms with E-state index in [9.17, 15) is 18.0 Å². The lowest BCUT2D eigenvalue weighted by Crippen LogP contribution is -2.47. The minimum Gasteiger partial charge on any atom is -0.478 e. The first-order valence-corrected chi connectivity index (χ1v) is 2.54. The van der Waals surface area contributed by atoms with E-state index in [1.54, 1.807) is 0 Å². The van der Waals surface area contributed by atoms with E-state index in [2.05, 4.69) is 20.7 Å². The van der Waals surface area contributed by atoms with Gasteiger partial charge in [0.05, 0.1) is 0 Å². The van der Waals surface area contributed by atoms with Gasteiger partial charge in [-0.1, -0.05) is 0 Å². The van der Waals surface area contributed by atoms with E-state index in [1.807, 2.05) is 0 Å². The number of hydrogen-bond donors (Lipinski definition) is 1. The topological polar surface area (TPSA) is 86.7 Å². The summed E-state index contributed by atoms with van der Waals surface area (Å²) < 4.78 is 35.9. The first-order chi connectivity index (χ1) is 5.40. The van der Waals surface area contributed by atoms with Gasteiger partial charge in [0.15, 0.2) is 0 Å². The zero-order valence-corrected chi connectivity index (χ0v) is 5.28. The molecule has 0 saturated heterocycles. The fourth-order valence-electron chi connectivity index (χ4n) is 0.510. The molecule has 12 heavy (non-hydrogen) atoms. The fraction of sp³-hybridized carbons (Fsp3) is 0.667. The highest BCUT2D eigenvalue weighted by Crippen LogP contribution is 2.38. The van der Waals surface area contributed by atoms with Crippen LogP contribution >= 0.6 is 0 Å². The van der Waals surface area contributed by atoms with Crippen molar-refractivity contribution in [3.05, 3.63) is 0 Å². The predicted octanol–water partition coefficient (Wildman–Crippen LogP) is 1.16. The molecule has 0 unspecified atom stereocenters. The molecule has 66 valence electrons. The maximum absolute atomic E-state index is 12.0. The van der Waals surface area contributed by atoms with Crippen LogP contribution < -0.4 is 0 Å². The van der Waals surface area contributed by atoms with Crippen molar-refractivity contribution < 1.29 is 23.1 Å². The van der Waals surface area contributed by atoms with Crippen molar-refractivity contribution in [2.75, 3.05) is 0 Å². The van der Waals surface area contributed by atoms with E-state index in [4.69, 9.17) is 5.11 Å². The van der Waals surface area contributed by atoms with Crippen molar-refractivity contribution in [3.8, 4) is 0 Å². The predicted molar refractivity (Wildman–Crippen MR) is 26.1 cm³/mol. The van der Waals surface area contributed by atoms with Crippen molar-refractivity contribution in [1.29, 1.82) is 0 Å². The summed E-state index contributed by atoms with van der Waals surface area (Å²) in [6, 6.07) is 0. The highest BCUT2D eigenvalue weighted by Gasteiger charge is 2.65. The smallest absolute Gasteiger partial charge is 0.449 e. The molecule has 6 nitrogen and oxygen atoms in total. The van der Waals surface area contributed by atoms with Gasteiger partial charge < -0.3 is 5.11 Å². The Balaban J connectivity index is 3.14. The molecule has 0 radical (unpaired) electrons. The first-order valence-electron chi connectivity index (χ1n) is 2.54. The summed E-state index contributed by atoms with van der Waals surface area (Å²) in [6.07, 6.45) is -5.12. The van der Waals surface area contributed by atoms with Gasteiger partial charge in [-0.2, -0.15) is 13.2 Å². The van der Waals surface area contributed by atoms with Gasteiger partial charge in [0.2, 0.25) is 0 Å². The van der Waals surface area contributed by atoms with Gasteiger partial charge >= 0.3 is 17.8 Å². The molecule has 9 heteroatoms. The van der Waals surface area contributed by atoms with Crippen LogP contribution in [0.25, 0.3) is 0 Å². The quantitative estimate of drug-likeness (QED) is 0.659. The molecule has 0 aromatic heterocycles. The number of halogens is 3. The standard InChI is InChI=1S/C3HF3N4O2/c4-3(5,6)2(1(11)12)7-9-10-8-2/h(H,11,12). The minimum atomic E-state index is -5.12. The zero-order chi connectivity index (χ0) is 9.41. The lowest BCUT2D eigenvalue weighted by Gasteiger charge is -2.16. The van der Waals surface area contributed by atoms with E-state index in [0.717, 1.165) is 0 Å². The summed E-state index contributed by atoms with van der Waals surface area (Å²) in [4.78, 5) is 10.1. The normalized spacial score (nSPS) is 19.9. The molecule has 0 fully saturated rings. The molecule has 0 aromatic rings. The minimum absolute atomic E-state index is 2.25. The fourth-order valence-corrected chi connectivity index (χ4v) is 0.510.